The van der Waals surface area contributed by atoms with Crippen LogP contribution in [-0.4, -0.2) is 17.2 Å². The Balaban J connectivity index is 2.76. The summed E-state index contributed by atoms with van der Waals surface area (Å²) in [4.78, 5) is 14.3. The standard InChI is InChI=1S/C12H12ClNO3/c1-6(15)8-3-7-4-11(17-2)9(13)5-10(7)14-12(8)16/h3-6,15H,1-2H3,(H,14,16). The molecule has 1 atom stereocenters. The van der Waals surface area contributed by atoms with Gasteiger partial charge in [-0.3, -0.25) is 4.79 Å². The van der Waals surface area contributed by atoms with Crippen LogP contribution >= 0.6 is 11.6 Å². The molecule has 5 heteroatoms. The van der Waals surface area contributed by atoms with E-state index >= 15 is 0 Å². The largest absolute Gasteiger partial charge is 0.495 e. The molecule has 1 unspecified atom stereocenters. The number of H-pyrrole nitrogens is 1. The van der Waals surface area contributed by atoms with E-state index in [-0.39, 0.29) is 5.56 Å². The Morgan fingerprint density at radius 1 is 1.41 bits per heavy atom. The van der Waals surface area contributed by atoms with Crippen LogP contribution in [0.15, 0.2) is 23.0 Å². The predicted molar refractivity (Wildman–Crippen MR) is 66.8 cm³/mol. The first-order valence-electron chi connectivity index (χ1n) is 5.11. The van der Waals surface area contributed by atoms with Crippen LogP contribution in [-0.2, 0) is 0 Å². The quantitative estimate of drug-likeness (QED) is 0.863. The van der Waals surface area contributed by atoms with Gasteiger partial charge in [0, 0.05) is 10.9 Å². The number of nitrogens with one attached hydrogen (secondary N) is 1. The maximum absolute atomic E-state index is 11.7. The Morgan fingerprint density at radius 3 is 2.71 bits per heavy atom. The summed E-state index contributed by atoms with van der Waals surface area (Å²) in [6, 6.07) is 4.99. The maximum atomic E-state index is 11.7. The van der Waals surface area contributed by atoms with Crippen molar-refractivity contribution in [3.63, 3.8) is 0 Å². The van der Waals surface area contributed by atoms with E-state index in [4.69, 9.17) is 16.3 Å². The van der Waals surface area contributed by atoms with E-state index in [1.54, 1.807) is 25.1 Å². The van der Waals surface area contributed by atoms with Crippen molar-refractivity contribution in [2.45, 2.75) is 13.0 Å². The van der Waals surface area contributed by atoms with Gasteiger partial charge < -0.3 is 14.8 Å². The third-order valence-corrected chi connectivity index (χ3v) is 2.89. The van der Waals surface area contributed by atoms with Gasteiger partial charge in [0.05, 0.1) is 23.8 Å². The van der Waals surface area contributed by atoms with Crippen LogP contribution in [0.4, 0.5) is 0 Å². The highest BCUT2D eigenvalue weighted by Gasteiger charge is 2.10. The fraction of sp³-hybridized carbons (Fsp3) is 0.250. The zero-order valence-corrected chi connectivity index (χ0v) is 10.2. The van der Waals surface area contributed by atoms with Gasteiger partial charge in [-0.05, 0) is 25.1 Å². The number of aromatic nitrogens is 1. The average molecular weight is 254 g/mol. The first kappa shape index (κ1) is 12.0. The number of aliphatic hydroxyl groups excluding tert-OH is 1. The summed E-state index contributed by atoms with van der Waals surface area (Å²) >= 11 is 5.96. The molecule has 1 aromatic carbocycles. The minimum atomic E-state index is -0.815. The predicted octanol–water partition coefficient (Wildman–Crippen LogP) is 2.24. The van der Waals surface area contributed by atoms with Gasteiger partial charge in [0.2, 0.25) is 0 Å². The lowest BCUT2D eigenvalue weighted by Gasteiger charge is -2.08. The molecule has 2 aromatic rings. The molecule has 4 nitrogen and oxygen atoms in total. The number of ether oxygens (including phenoxy) is 1. The van der Waals surface area contributed by atoms with Gasteiger partial charge in [0.1, 0.15) is 5.75 Å². The van der Waals surface area contributed by atoms with Gasteiger partial charge >= 0.3 is 0 Å². The molecular weight excluding hydrogens is 242 g/mol. The van der Waals surface area contributed by atoms with Crippen LogP contribution < -0.4 is 10.3 Å². The van der Waals surface area contributed by atoms with Crippen molar-refractivity contribution in [3.8, 4) is 5.75 Å². The molecule has 2 N–H and O–H groups in total. The SMILES string of the molecule is COc1cc2cc(C(C)O)c(=O)[nH]c2cc1Cl. The van der Waals surface area contributed by atoms with Gasteiger partial charge in [-0.25, -0.2) is 0 Å². The molecular formula is C12H12ClNO3. The molecule has 0 radical (unpaired) electrons. The number of halogens is 1. The van der Waals surface area contributed by atoms with E-state index in [0.29, 0.717) is 21.9 Å². The van der Waals surface area contributed by atoms with Crippen LogP contribution in [0.3, 0.4) is 0 Å². The van der Waals surface area contributed by atoms with Crippen LogP contribution in [0.5, 0.6) is 5.75 Å². The molecule has 17 heavy (non-hydrogen) atoms. The Hall–Kier alpha value is -1.52. The van der Waals surface area contributed by atoms with Crippen molar-refractivity contribution in [2.24, 2.45) is 0 Å². The van der Waals surface area contributed by atoms with Crippen molar-refractivity contribution in [1.82, 2.24) is 4.98 Å². The lowest BCUT2D eigenvalue weighted by molar-refractivity contribution is 0.198. The Kier molecular flexibility index (Phi) is 3.09. The molecule has 0 saturated carbocycles. The second-order valence-corrected chi connectivity index (χ2v) is 4.21. The van der Waals surface area contributed by atoms with Crippen LogP contribution in [0, 0.1) is 0 Å². The molecule has 0 aliphatic carbocycles. The van der Waals surface area contributed by atoms with Gasteiger partial charge in [0.15, 0.2) is 0 Å². The third kappa shape index (κ3) is 2.14. The normalized spacial score (nSPS) is 12.7. The van der Waals surface area contributed by atoms with E-state index in [2.05, 4.69) is 4.98 Å². The number of rotatable bonds is 2. The molecule has 0 amide bonds. The second-order valence-electron chi connectivity index (χ2n) is 3.80. The first-order chi connectivity index (χ1) is 8.02. The lowest BCUT2D eigenvalue weighted by atomic mass is 10.1. The highest BCUT2D eigenvalue weighted by atomic mass is 35.5. The topological polar surface area (TPSA) is 62.3 Å². The van der Waals surface area contributed by atoms with Crippen molar-refractivity contribution < 1.29 is 9.84 Å². The van der Waals surface area contributed by atoms with Crippen molar-refractivity contribution >= 4 is 22.5 Å². The van der Waals surface area contributed by atoms with E-state index < -0.39 is 6.10 Å². The minimum absolute atomic E-state index is 0.311. The molecule has 90 valence electrons. The highest BCUT2D eigenvalue weighted by molar-refractivity contribution is 6.32. The van der Waals surface area contributed by atoms with Gasteiger partial charge in [-0.2, -0.15) is 0 Å². The fourth-order valence-corrected chi connectivity index (χ4v) is 1.93. The number of hydrogen-bond acceptors (Lipinski definition) is 3. The Bertz CT molecular complexity index is 619. The molecule has 0 saturated heterocycles. The number of hydrogen-bond donors (Lipinski definition) is 2. The third-order valence-electron chi connectivity index (χ3n) is 2.60. The van der Waals surface area contributed by atoms with Gasteiger partial charge in [0.25, 0.3) is 5.56 Å². The molecule has 0 fully saturated rings. The molecule has 2 rings (SSSR count). The van der Waals surface area contributed by atoms with Crippen molar-refractivity contribution in [1.29, 1.82) is 0 Å². The molecule has 1 heterocycles. The summed E-state index contributed by atoms with van der Waals surface area (Å²) in [6.07, 6.45) is -0.815. The monoisotopic (exact) mass is 253 g/mol. The summed E-state index contributed by atoms with van der Waals surface area (Å²) in [7, 11) is 1.52. The second kappa shape index (κ2) is 4.39. The lowest BCUT2D eigenvalue weighted by Crippen LogP contribution is -2.14. The summed E-state index contributed by atoms with van der Waals surface area (Å²) in [6.45, 7) is 1.55. The average Bonchev–Trinajstić information content (AvgIpc) is 2.27. The van der Waals surface area contributed by atoms with E-state index in [1.807, 2.05) is 0 Å². The Morgan fingerprint density at radius 2 is 2.12 bits per heavy atom. The minimum Gasteiger partial charge on any atom is -0.495 e. The van der Waals surface area contributed by atoms with Gasteiger partial charge in [-0.15, -0.1) is 0 Å². The fourth-order valence-electron chi connectivity index (χ4n) is 1.69. The molecule has 0 spiro atoms. The molecule has 0 aliphatic rings. The number of methoxy groups -OCH3 is 1. The summed E-state index contributed by atoms with van der Waals surface area (Å²) in [5, 5.41) is 10.7. The van der Waals surface area contributed by atoms with E-state index in [0.717, 1.165) is 5.39 Å². The Labute approximate surface area is 103 Å². The van der Waals surface area contributed by atoms with Gasteiger partial charge in [-0.1, -0.05) is 11.6 Å². The zero-order chi connectivity index (χ0) is 12.6. The van der Waals surface area contributed by atoms with E-state index in [9.17, 15) is 9.90 Å². The molecule has 0 bridgehead atoms. The number of pyridine rings is 1. The maximum Gasteiger partial charge on any atom is 0.254 e. The summed E-state index contributed by atoms with van der Waals surface area (Å²) in [5.41, 5.74) is 0.626. The van der Waals surface area contributed by atoms with Crippen LogP contribution in [0.2, 0.25) is 5.02 Å². The number of fused-ring (bicyclic) bond motifs is 1. The summed E-state index contributed by atoms with van der Waals surface area (Å²) in [5.74, 6) is 0.530. The number of aromatic amines is 1. The van der Waals surface area contributed by atoms with Crippen LogP contribution in [0.25, 0.3) is 10.9 Å². The smallest absolute Gasteiger partial charge is 0.254 e. The molecule has 1 aromatic heterocycles. The van der Waals surface area contributed by atoms with E-state index in [1.165, 1.54) is 7.11 Å². The first-order valence-corrected chi connectivity index (χ1v) is 5.49. The number of aliphatic hydroxyl groups is 1. The summed E-state index contributed by atoms with van der Waals surface area (Å²) < 4.78 is 5.10. The van der Waals surface area contributed by atoms with Crippen molar-refractivity contribution in [3.05, 3.63) is 39.1 Å². The highest BCUT2D eigenvalue weighted by Crippen LogP contribution is 2.29. The van der Waals surface area contributed by atoms with Crippen LogP contribution in [0.1, 0.15) is 18.6 Å². The van der Waals surface area contributed by atoms with Crippen molar-refractivity contribution in [2.75, 3.05) is 7.11 Å². The zero-order valence-electron chi connectivity index (χ0n) is 9.45. The number of benzene rings is 1. The molecule has 0 aliphatic heterocycles.